The molecule has 0 aromatic carbocycles. The highest BCUT2D eigenvalue weighted by Crippen LogP contribution is 2.60. The minimum Gasteiger partial charge on any atom is -0.462 e. The molecule has 2 saturated carbocycles. The Morgan fingerprint density at radius 1 is 0.830 bits per heavy atom. The number of ether oxygens (including phenoxy) is 1. The van der Waals surface area contributed by atoms with E-state index in [0.717, 1.165) is 32.1 Å². The quantitative estimate of drug-likeness (QED) is 0.105. The number of hydrogen-bond donors (Lipinski definition) is 0. The number of esters is 1. The van der Waals surface area contributed by atoms with Gasteiger partial charge < -0.3 is 18.0 Å². The van der Waals surface area contributed by atoms with E-state index in [1.165, 1.54) is 32.1 Å². The molecule has 47 heavy (non-hydrogen) atoms. The minimum atomic E-state index is -2.11. The van der Waals surface area contributed by atoms with E-state index in [2.05, 4.69) is 115 Å². The van der Waals surface area contributed by atoms with Gasteiger partial charge in [-0.3, -0.25) is 4.79 Å². The van der Waals surface area contributed by atoms with E-state index in [1.54, 1.807) is 6.92 Å². The first-order valence-corrected chi connectivity index (χ1v) is 29.0. The van der Waals surface area contributed by atoms with Crippen molar-refractivity contribution in [1.82, 2.24) is 0 Å². The van der Waals surface area contributed by atoms with Crippen molar-refractivity contribution in [2.24, 2.45) is 29.1 Å². The van der Waals surface area contributed by atoms with Crippen molar-refractivity contribution >= 4 is 30.9 Å². The second-order valence-electron chi connectivity index (χ2n) is 20.4. The molecule has 6 atom stereocenters. The first-order valence-electron chi connectivity index (χ1n) is 19.3. The smallest absolute Gasteiger partial charge is 0.302 e. The number of rotatable bonds is 18. The molecule has 0 saturated heterocycles. The summed E-state index contributed by atoms with van der Waals surface area (Å²) in [5.74, 6) is 2.12. The van der Waals surface area contributed by atoms with Crippen molar-refractivity contribution in [2.75, 3.05) is 0 Å². The molecule has 2 rings (SSSR count). The maximum absolute atomic E-state index is 12.1. The van der Waals surface area contributed by atoms with Crippen molar-refractivity contribution < 1.29 is 22.8 Å². The van der Waals surface area contributed by atoms with Crippen LogP contribution in [0.4, 0.5) is 0 Å². The van der Waals surface area contributed by atoms with Crippen molar-refractivity contribution in [3.63, 3.8) is 0 Å². The summed E-state index contributed by atoms with van der Waals surface area (Å²) in [6.07, 6.45) is 11.6. The van der Waals surface area contributed by atoms with Crippen LogP contribution in [0.25, 0.3) is 0 Å². The van der Waals surface area contributed by atoms with Gasteiger partial charge in [0.1, 0.15) is 6.10 Å². The Balaban J connectivity index is 2.44. The third kappa shape index (κ3) is 12.0. The number of hydrogen-bond acceptors (Lipinski definition) is 5. The predicted molar refractivity (Wildman–Crippen MR) is 209 cm³/mol. The minimum absolute atomic E-state index is 0.0493. The third-order valence-electron chi connectivity index (χ3n) is 12.5. The van der Waals surface area contributed by atoms with E-state index in [0.29, 0.717) is 23.7 Å². The normalized spacial score (nSPS) is 26.3. The molecule has 0 N–H and O–H groups in total. The summed E-state index contributed by atoms with van der Waals surface area (Å²) in [6.45, 7) is 41.5. The van der Waals surface area contributed by atoms with Gasteiger partial charge in [0.15, 0.2) is 25.0 Å². The molecule has 2 fully saturated rings. The molecule has 0 radical (unpaired) electrons. The third-order valence-corrected chi connectivity index (χ3v) is 19.4. The lowest BCUT2D eigenvalue weighted by atomic mass is 9.60. The molecule has 8 heteroatoms. The predicted octanol–water partition coefficient (Wildman–Crippen LogP) is 12.0. The van der Waals surface area contributed by atoms with Crippen LogP contribution in [0.2, 0.25) is 57.4 Å². The van der Waals surface area contributed by atoms with Crippen LogP contribution in [0.1, 0.15) is 133 Å². The molecule has 0 aromatic rings. The largest absolute Gasteiger partial charge is 0.462 e. The zero-order valence-electron chi connectivity index (χ0n) is 34.6. The van der Waals surface area contributed by atoms with Gasteiger partial charge in [0.2, 0.25) is 0 Å². The first-order chi connectivity index (χ1) is 21.0. The summed E-state index contributed by atoms with van der Waals surface area (Å²) < 4.78 is 27.1. The highest BCUT2D eigenvalue weighted by molar-refractivity contribution is 6.74. The second kappa shape index (κ2) is 15.7. The first kappa shape index (κ1) is 43.2. The average Bonchev–Trinajstić information content (AvgIpc) is 3.19. The molecule has 0 bridgehead atoms. The second-order valence-corrected chi connectivity index (χ2v) is 33.8. The summed E-state index contributed by atoms with van der Waals surface area (Å²) in [5, 5.41) is 0.141. The van der Waals surface area contributed by atoms with Crippen LogP contribution in [0.5, 0.6) is 0 Å². The average molecular weight is 713 g/mol. The standard InChI is InChI=1S/C39H80O5Si3/c1-29(2)38(8,9)47(17,18)42-35(37(6,7)44-46(14,15)16)26-23-31(21-19-27-36(4,5)43-45(11,12)13)32-24-25-33-34(41-30(3)40)22-20-28-39(32,33)10/h29,31-35H,19-28H2,1-18H3/t31-,32-,33+,34+,35-,39-/m1/s1. The van der Waals surface area contributed by atoms with Crippen molar-refractivity contribution in [1.29, 1.82) is 0 Å². The van der Waals surface area contributed by atoms with E-state index in [4.69, 9.17) is 18.0 Å². The molecular formula is C39H80O5Si3. The highest BCUT2D eigenvalue weighted by atomic mass is 28.4. The summed E-state index contributed by atoms with van der Waals surface area (Å²) in [4.78, 5) is 12.1. The molecular weight excluding hydrogens is 633 g/mol. The van der Waals surface area contributed by atoms with Crippen LogP contribution in [0.3, 0.4) is 0 Å². The molecule has 0 aliphatic heterocycles. The van der Waals surface area contributed by atoms with E-state index in [-0.39, 0.29) is 39.8 Å². The van der Waals surface area contributed by atoms with Crippen LogP contribution in [-0.2, 0) is 22.8 Å². The lowest BCUT2D eigenvalue weighted by molar-refractivity contribution is -0.155. The van der Waals surface area contributed by atoms with E-state index < -0.39 is 25.0 Å². The molecule has 0 spiro atoms. The van der Waals surface area contributed by atoms with Gasteiger partial charge in [0.05, 0.1) is 17.3 Å². The molecule has 0 heterocycles. The lowest BCUT2D eigenvalue weighted by Gasteiger charge is -2.49. The van der Waals surface area contributed by atoms with Gasteiger partial charge >= 0.3 is 5.97 Å². The van der Waals surface area contributed by atoms with E-state index in [1.807, 2.05) is 0 Å². The summed E-state index contributed by atoms with van der Waals surface area (Å²) in [6, 6.07) is 0. The van der Waals surface area contributed by atoms with Gasteiger partial charge in [-0.15, -0.1) is 0 Å². The van der Waals surface area contributed by atoms with E-state index in [9.17, 15) is 4.79 Å². The van der Waals surface area contributed by atoms with Gasteiger partial charge in [-0.2, -0.15) is 0 Å². The van der Waals surface area contributed by atoms with Gasteiger partial charge in [0.25, 0.3) is 0 Å². The van der Waals surface area contributed by atoms with Crippen molar-refractivity contribution in [3.05, 3.63) is 0 Å². The summed E-state index contributed by atoms with van der Waals surface area (Å²) >= 11 is 0. The van der Waals surface area contributed by atoms with Gasteiger partial charge in [0, 0.05) is 12.8 Å². The van der Waals surface area contributed by atoms with Crippen LogP contribution in [-0.4, -0.2) is 54.3 Å². The van der Waals surface area contributed by atoms with Crippen LogP contribution in [0, 0.1) is 29.1 Å². The molecule has 0 amide bonds. The Labute approximate surface area is 296 Å². The maximum Gasteiger partial charge on any atom is 0.302 e. The number of fused-ring (bicyclic) bond motifs is 1. The molecule has 2 aliphatic rings. The van der Waals surface area contributed by atoms with Gasteiger partial charge in [-0.1, -0.05) is 47.5 Å². The molecule has 2 aliphatic carbocycles. The van der Waals surface area contributed by atoms with Crippen LogP contribution in [0.15, 0.2) is 0 Å². The van der Waals surface area contributed by atoms with Crippen molar-refractivity contribution in [3.8, 4) is 0 Å². The Bertz CT molecular complexity index is 1010. The SMILES string of the molecule is CC(=O)O[C@H]1CCC[C@]2(C)[C@@H]([C@H](CCCC(C)(C)O[Si](C)(C)C)CC[C@@H](O[Si](C)(C)C(C)(C)C(C)C)C(C)(C)O[Si](C)(C)C)CC[C@@H]12. The monoisotopic (exact) mass is 713 g/mol. The van der Waals surface area contributed by atoms with Crippen LogP contribution >= 0.6 is 0 Å². The molecule has 278 valence electrons. The Morgan fingerprint density at radius 3 is 1.91 bits per heavy atom. The van der Waals surface area contributed by atoms with Gasteiger partial charge in [-0.25, -0.2) is 0 Å². The molecule has 0 unspecified atom stereocenters. The topological polar surface area (TPSA) is 54.0 Å². The zero-order valence-corrected chi connectivity index (χ0v) is 37.6. The Morgan fingerprint density at radius 2 is 1.40 bits per heavy atom. The molecule has 0 aromatic heterocycles. The van der Waals surface area contributed by atoms with Gasteiger partial charge in [-0.05, 0) is 160 Å². The fraction of sp³-hybridized carbons (Fsp3) is 0.974. The van der Waals surface area contributed by atoms with Crippen molar-refractivity contribution in [2.45, 2.75) is 214 Å². The maximum atomic E-state index is 12.1. The van der Waals surface area contributed by atoms with E-state index >= 15 is 0 Å². The summed E-state index contributed by atoms with van der Waals surface area (Å²) in [7, 11) is -5.56. The highest BCUT2D eigenvalue weighted by Gasteiger charge is 2.54. The Hall–Kier alpha value is 0.000649. The lowest BCUT2D eigenvalue weighted by Crippen LogP contribution is -2.55. The number of carbonyl (C=O) groups excluding carboxylic acids is 1. The summed E-state index contributed by atoms with van der Waals surface area (Å²) in [5.41, 5.74) is -0.242. The fourth-order valence-corrected chi connectivity index (χ4v) is 15.8. The zero-order chi connectivity index (χ0) is 36.4. The Kier molecular flexibility index (Phi) is 14.4. The fourth-order valence-electron chi connectivity index (χ4n) is 9.48. The van der Waals surface area contributed by atoms with Crippen LogP contribution < -0.4 is 0 Å². The number of carbonyl (C=O) groups is 1. The molecule has 5 nitrogen and oxygen atoms in total.